The molecule has 0 aromatic rings. The second-order valence-corrected chi connectivity index (χ2v) is 3.88. The van der Waals surface area contributed by atoms with E-state index in [1.54, 1.807) is 0 Å². The lowest BCUT2D eigenvalue weighted by atomic mass is 9.96. The molecule has 1 heterocycles. The molecular weight excluding hydrogens is 154 g/mol. The Hall–Kier alpha value is -0.120. The van der Waals surface area contributed by atoms with Gasteiger partial charge in [-0.3, -0.25) is 0 Å². The minimum Gasteiger partial charge on any atom is -0.377 e. The van der Waals surface area contributed by atoms with Crippen LogP contribution in [-0.4, -0.2) is 31.5 Å². The van der Waals surface area contributed by atoms with Crippen LogP contribution in [0.2, 0.25) is 0 Å². The van der Waals surface area contributed by atoms with E-state index in [2.05, 4.69) is 13.8 Å². The maximum atomic E-state index is 5.56. The highest BCUT2D eigenvalue weighted by atomic mass is 16.5. The first-order valence-corrected chi connectivity index (χ1v) is 4.60. The SMILES string of the molecule is CC1(C)CC(OCCN)CCO1. The van der Waals surface area contributed by atoms with E-state index in [1.807, 2.05) is 0 Å². The van der Waals surface area contributed by atoms with E-state index in [9.17, 15) is 0 Å². The fourth-order valence-electron chi connectivity index (χ4n) is 1.55. The highest BCUT2D eigenvalue weighted by molar-refractivity contribution is 4.79. The lowest BCUT2D eigenvalue weighted by molar-refractivity contribution is -0.114. The summed E-state index contributed by atoms with van der Waals surface area (Å²) in [6.07, 6.45) is 2.33. The third-order valence-electron chi connectivity index (χ3n) is 2.12. The largest absolute Gasteiger partial charge is 0.377 e. The summed E-state index contributed by atoms with van der Waals surface area (Å²) in [4.78, 5) is 0. The summed E-state index contributed by atoms with van der Waals surface area (Å²) in [6.45, 7) is 6.29. The zero-order valence-corrected chi connectivity index (χ0v) is 8.01. The van der Waals surface area contributed by atoms with Crippen molar-refractivity contribution >= 4 is 0 Å². The third-order valence-corrected chi connectivity index (χ3v) is 2.12. The summed E-state index contributed by atoms with van der Waals surface area (Å²) in [6, 6.07) is 0. The number of nitrogens with two attached hydrogens (primary N) is 1. The van der Waals surface area contributed by atoms with Crippen LogP contribution in [0.15, 0.2) is 0 Å². The quantitative estimate of drug-likeness (QED) is 0.690. The molecule has 1 fully saturated rings. The molecule has 0 bridgehead atoms. The van der Waals surface area contributed by atoms with Crippen molar-refractivity contribution in [3.8, 4) is 0 Å². The standard InChI is InChI=1S/C9H19NO2/c1-9(2)7-8(3-5-12-9)11-6-4-10/h8H,3-7,10H2,1-2H3. The van der Waals surface area contributed by atoms with Gasteiger partial charge in [0.25, 0.3) is 0 Å². The molecule has 1 aliphatic rings. The summed E-state index contributed by atoms with van der Waals surface area (Å²) in [5.74, 6) is 0. The molecule has 0 amide bonds. The fraction of sp³-hybridized carbons (Fsp3) is 1.00. The molecular formula is C9H19NO2. The van der Waals surface area contributed by atoms with Gasteiger partial charge < -0.3 is 15.2 Å². The second kappa shape index (κ2) is 4.21. The van der Waals surface area contributed by atoms with Crippen molar-refractivity contribution in [2.24, 2.45) is 5.73 Å². The van der Waals surface area contributed by atoms with Crippen LogP contribution in [0.4, 0.5) is 0 Å². The molecule has 1 aliphatic heterocycles. The molecule has 3 nitrogen and oxygen atoms in total. The van der Waals surface area contributed by atoms with Crippen LogP contribution in [0.1, 0.15) is 26.7 Å². The van der Waals surface area contributed by atoms with Gasteiger partial charge in [-0.15, -0.1) is 0 Å². The summed E-state index contributed by atoms with van der Waals surface area (Å²) < 4.78 is 11.1. The Kier molecular flexibility index (Phi) is 3.50. The van der Waals surface area contributed by atoms with Crippen LogP contribution >= 0.6 is 0 Å². The van der Waals surface area contributed by atoms with Crippen molar-refractivity contribution in [1.29, 1.82) is 0 Å². The molecule has 1 saturated heterocycles. The van der Waals surface area contributed by atoms with Gasteiger partial charge in [0.2, 0.25) is 0 Å². The molecule has 2 N–H and O–H groups in total. The van der Waals surface area contributed by atoms with Gasteiger partial charge in [-0.25, -0.2) is 0 Å². The van der Waals surface area contributed by atoms with Crippen LogP contribution in [-0.2, 0) is 9.47 Å². The van der Waals surface area contributed by atoms with E-state index in [1.165, 1.54) is 0 Å². The molecule has 72 valence electrons. The van der Waals surface area contributed by atoms with Gasteiger partial charge in [-0.2, -0.15) is 0 Å². The molecule has 12 heavy (non-hydrogen) atoms. The molecule has 0 saturated carbocycles. The maximum absolute atomic E-state index is 5.56. The van der Waals surface area contributed by atoms with Gasteiger partial charge in [-0.05, 0) is 20.3 Å². The fourth-order valence-corrected chi connectivity index (χ4v) is 1.55. The highest BCUT2D eigenvalue weighted by Gasteiger charge is 2.28. The Morgan fingerprint density at radius 1 is 1.58 bits per heavy atom. The lowest BCUT2D eigenvalue weighted by Crippen LogP contribution is -2.38. The smallest absolute Gasteiger partial charge is 0.0651 e. The van der Waals surface area contributed by atoms with Crippen molar-refractivity contribution < 1.29 is 9.47 Å². The van der Waals surface area contributed by atoms with Gasteiger partial charge in [0.1, 0.15) is 0 Å². The Balaban J connectivity index is 2.26. The number of ether oxygens (including phenoxy) is 2. The van der Waals surface area contributed by atoms with Crippen molar-refractivity contribution in [3.63, 3.8) is 0 Å². The topological polar surface area (TPSA) is 44.5 Å². The molecule has 0 aromatic heterocycles. The first-order valence-electron chi connectivity index (χ1n) is 4.60. The van der Waals surface area contributed by atoms with Gasteiger partial charge >= 0.3 is 0 Å². The molecule has 1 rings (SSSR count). The Morgan fingerprint density at radius 3 is 2.92 bits per heavy atom. The van der Waals surface area contributed by atoms with E-state index in [4.69, 9.17) is 15.2 Å². The summed E-state index contributed by atoms with van der Waals surface area (Å²) in [5.41, 5.74) is 5.34. The van der Waals surface area contributed by atoms with Gasteiger partial charge in [0.05, 0.1) is 18.3 Å². The van der Waals surface area contributed by atoms with E-state index in [-0.39, 0.29) is 5.60 Å². The highest BCUT2D eigenvalue weighted by Crippen LogP contribution is 2.25. The Morgan fingerprint density at radius 2 is 2.33 bits per heavy atom. The van der Waals surface area contributed by atoms with Crippen LogP contribution in [0.25, 0.3) is 0 Å². The molecule has 0 aliphatic carbocycles. The molecule has 1 unspecified atom stereocenters. The van der Waals surface area contributed by atoms with Gasteiger partial charge in [-0.1, -0.05) is 0 Å². The zero-order valence-electron chi connectivity index (χ0n) is 8.01. The van der Waals surface area contributed by atoms with E-state index >= 15 is 0 Å². The van der Waals surface area contributed by atoms with E-state index in [0.29, 0.717) is 19.3 Å². The van der Waals surface area contributed by atoms with Crippen LogP contribution in [0, 0.1) is 0 Å². The average Bonchev–Trinajstić information content (AvgIpc) is 1.99. The van der Waals surface area contributed by atoms with Crippen LogP contribution < -0.4 is 5.73 Å². The predicted molar refractivity (Wildman–Crippen MR) is 48.1 cm³/mol. The second-order valence-electron chi connectivity index (χ2n) is 3.88. The minimum absolute atomic E-state index is 0.0164. The summed E-state index contributed by atoms with van der Waals surface area (Å²) in [5, 5.41) is 0. The van der Waals surface area contributed by atoms with Crippen molar-refractivity contribution in [1.82, 2.24) is 0 Å². The lowest BCUT2D eigenvalue weighted by Gasteiger charge is -2.35. The normalized spacial score (nSPS) is 28.8. The summed E-state index contributed by atoms with van der Waals surface area (Å²) in [7, 11) is 0. The average molecular weight is 173 g/mol. The number of rotatable bonds is 3. The van der Waals surface area contributed by atoms with E-state index < -0.39 is 0 Å². The first-order chi connectivity index (χ1) is 5.64. The van der Waals surface area contributed by atoms with Crippen LogP contribution in [0.5, 0.6) is 0 Å². The molecule has 0 aromatic carbocycles. The van der Waals surface area contributed by atoms with Crippen molar-refractivity contribution in [3.05, 3.63) is 0 Å². The number of hydrogen-bond donors (Lipinski definition) is 1. The first kappa shape index (κ1) is 9.96. The molecule has 3 heteroatoms. The zero-order chi connectivity index (χ0) is 9.03. The van der Waals surface area contributed by atoms with Gasteiger partial charge in [0, 0.05) is 19.6 Å². The molecule has 0 radical (unpaired) electrons. The third kappa shape index (κ3) is 3.09. The van der Waals surface area contributed by atoms with Gasteiger partial charge in [0.15, 0.2) is 0 Å². The molecule has 1 atom stereocenters. The Labute approximate surface area is 74.2 Å². The van der Waals surface area contributed by atoms with E-state index in [0.717, 1.165) is 19.4 Å². The Bertz CT molecular complexity index is 136. The maximum Gasteiger partial charge on any atom is 0.0651 e. The number of hydrogen-bond acceptors (Lipinski definition) is 3. The minimum atomic E-state index is -0.0164. The van der Waals surface area contributed by atoms with Crippen molar-refractivity contribution in [2.45, 2.75) is 38.4 Å². The monoisotopic (exact) mass is 173 g/mol. The van der Waals surface area contributed by atoms with Crippen LogP contribution in [0.3, 0.4) is 0 Å². The predicted octanol–water partition coefficient (Wildman–Crippen LogP) is 0.919. The van der Waals surface area contributed by atoms with Crippen molar-refractivity contribution in [2.75, 3.05) is 19.8 Å². The molecule has 0 spiro atoms. The summed E-state index contributed by atoms with van der Waals surface area (Å²) >= 11 is 0.